The minimum Gasteiger partial charge on any atom is -0.467 e. The topological polar surface area (TPSA) is 87.3 Å². The minimum absolute atomic E-state index is 0.00589. The van der Waals surface area contributed by atoms with Crippen LogP contribution in [0.5, 0.6) is 0 Å². The molecule has 1 unspecified atom stereocenters. The summed E-state index contributed by atoms with van der Waals surface area (Å²) in [6.07, 6.45) is 2.58. The van der Waals surface area contributed by atoms with Crippen molar-refractivity contribution >= 4 is 12.0 Å². The number of aromatic amines is 1. The summed E-state index contributed by atoms with van der Waals surface area (Å²) < 4.78 is 33.3. The molecule has 29 heavy (non-hydrogen) atoms. The van der Waals surface area contributed by atoms with Gasteiger partial charge in [-0.1, -0.05) is 20.3 Å². The molecule has 0 saturated carbocycles. The van der Waals surface area contributed by atoms with Crippen LogP contribution in [0, 0.1) is 17.6 Å². The Hall–Kier alpha value is -2.97. The van der Waals surface area contributed by atoms with Gasteiger partial charge in [0.05, 0.1) is 19.1 Å². The van der Waals surface area contributed by atoms with E-state index < -0.39 is 35.7 Å². The van der Waals surface area contributed by atoms with Crippen molar-refractivity contribution in [2.24, 2.45) is 5.92 Å². The largest absolute Gasteiger partial charge is 0.467 e. The molecule has 2 amide bonds. The van der Waals surface area contributed by atoms with Gasteiger partial charge in [-0.3, -0.25) is 0 Å². The van der Waals surface area contributed by atoms with Crippen molar-refractivity contribution in [2.45, 2.75) is 38.8 Å². The van der Waals surface area contributed by atoms with Crippen LogP contribution in [0.2, 0.25) is 0 Å². The number of ether oxygens (including phenoxy) is 1. The smallest absolute Gasteiger partial charge is 0.328 e. The normalized spacial score (nSPS) is 18.0. The summed E-state index contributed by atoms with van der Waals surface area (Å²) in [5.74, 6) is -1.98. The van der Waals surface area contributed by atoms with Crippen LogP contribution in [0.15, 0.2) is 24.5 Å². The fourth-order valence-electron chi connectivity index (χ4n) is 3.55. The zero-order valence-corrected chi connectivity index (χ0v) is 16.5. The lowest BCUT2D eigenvalue weighted by Gasteiger charge is -2.36. The molecule has 1 aliphatic rings. The van der Waals surface area contributed by atoms with Gasteiger partial charge in [0.1, 0.15) is 23.7 Å². The standard InChI is InChI=1S/C20H24F2N4O3/c1-4-11(2)16(19(27)29-3)25-20(28)26-8-7-15-17(24-10-23-15)18(26)13-9-12(21)5-6-14(13)22/h5-6,9-11,16,18H,4,7-8H2,1-3H3,(H,23,24)(H,25,28)/t11-,16+,18?/m1/s1. The second-order valence-corrected chi connectivity index (χ2v) is 7.11. The molecule has 0 spiro atoms. The first kappa shape index (κ1) is 20.8. The summed E-state index contributed by atoms with van der Waals surface area (Å²) in [6.45, 7) is 3.97. The van der Waals surface area contributed by atoms with Crippen molar-refractivity contribution in [3.8, 4) is 0 Å². The van der Waals surface area contributed by atoms with E-state index in [9.17, 15) is 18.4 Å². The van der Waals surface area contributed by atoms with Gasteiger partial charge in [-0.2, -0.15) is 0 Å². The van der Waals surface area contributed by atoms with Gasteiger partial charge < -0.3 is 19.9 Å². The number of hydrogen-bond acceptors (Lipinski definition) is 4. The van der Waals surface area contributed by atoms with Crippen LogP contribution in [-0.4, -0.2) is 46.6 Å². The van der Waals surface area contributed by atoms with E-state index in [1.807, 2.05) is 13.8 Å². The van der Waals surface area contributed by atoms with Crippen molar-refractivity contribution in [3.63, 3.8) is 0 Å². The third-order valence-electron chi connectivity index (χ3n) is 5.39. The zero-order valence-electron chi connectivity index (χ0n) is 16.5. The van der Waals surface area contributed by atoms with Crippen LogP contribution < -0.4 is 5.32 Å². The van der Waals surface area contributed by atoms with Crippen LogP contribution in [0.4, 0.5) is 13.6 Å². The van der Waals surface area contributed by atoms with Gasteiger partial charge in [-0.15, -0.1) is 0 Å². The number of nitrogens with zero attached hydrogens (tertiary/aromatic N) is 2. The van der Waals surface area contributed by atoms with E-state index in [0.29, 0.717) is 18.5 Å². The number of carbonyl (C=O) groups excluding carboxylic acids is 2. The predicted octanol–water partition coefficient (Wildman–Crippen LogP) is 2.93. The minimum atomic E-state index is -0.920. The molecule has 1 aromatic heterocycles. The van der Waals surface area contributed by atoms with E-state index in [-0.39, 0.29) is 18.0 Å². The Morgan fingerprint density at radius 2 is 2.17 bits per heavy atom. The van der Waals surface area contributed by atoms with Crippen LogP contribution >= 0.6 is 0 Å². The maximum Gasteiger partial charge on any atom is 0.328 e. The highest BCUT2D eigenvalue weighted by Crippen LogP contribution is 2.35. The van der Waals surface area contributed by atoms with E-state index in [1.165, 1.54) is 18.3 Å². The first-order chi connectivity index (χ1) is 13.9. The van der Waals surface area contributed by atoms with Gasteiger partial charge in [0.25, 0.3) is 0 Å². The number of esters is 1. The number of nitrogens with one attached hydrogen (secondary N) is 2. The van der Waals surface area contributed by atoms with E-state index in [0.717, 1.165) is 23.9 Å². The second-order valence-electron chi connectivity index (χ2n) is 7.11. The number of amides is 2. The van der Waals surface area contributed by atoms with Gasteiger partial charge in [0.15, 0.2) is 0 Å². The lowest BCUT2D eigenvalue weighted by atomic mass is 9.95. The van der Waals surface area contributed by atoms with Gasteiger partial charge >= 0.3 is 12.0 Å². The molecule has 7 nitrogen and oxygen atoms in total. The average molecular weight is 406 g/mol. The summed E-state index contributed by atoms with van der Waals surface area (Å²) in [4.78, 5) is 33.9. The van der Waals surface area contributed by atoms with E-state index in [4.69, 9.17) is 4.74 Å². The maximum atomic E-state index is 14.6. The molecule has 156 valence electrons. The first-order valence-electron chi connectivity index (χ1n) is 9.49. The lowest BCUT2D eigenvalue weighted by Crippen LogP contribution is -2.53. The molecule has 0 aliphatic carbocycles. The Bertz CT molecular complexity index is 902. The molecule has 0 bridgehead atoms. The molecule has 9 heteroatoms. The summed E-state index contributed by atoms with van der Waals surface area (Å²) in [5, 5.41) is 2.70. The highest BCUT2D eigenvalue weighted by Gasteiger charge is 2.38. The number of hydrogen-bond donors (Lipinski definition) is 2. The van der Waals surface area contributed by atoms with Crippen molar-refractivity contribution in [2.75, 3.05) is 13.7 Å². The summed E-state index contributed by atoms with van der Waals surface area (Å²) in [5.41, 5.74) is 1.22. The number of halogens is 2. The number of rotatable bonds is 5. The van der Waals surface area contributed by atoms with Crippen LogP contribution in [0.25, 0.3) is 0 Å². The molecular formula is C20H24F2N4O3. The molecule has 1 aromatic carbocycles. The quantitative estimate of drug-likeness (QED) is 0.748. The monoisotopic (exact) mass is 406 g/mol. The maximum absolute atomic E-state index is 14.6. The zero-order chi connectivity index (χ0) is 21.1. The van der Waals surface area contributed by atoms with Crippen molar-refractivity contribution < 1.29 is 23.1 Å². The molecule has 2 N–H and O–H groups in total. The summed E-state index contributed by atoms with van der Waals surface area (Å²) >= 11 is 0. The Labute approximate surface area is 167 Å². The highest BCUT2D eigenvalue weighted by atomic mass is 19.1. The van der Waals surface area contributed by atoms with E-state index >= 15 is 0 Å². The van der Waals surface area contributed by atoms with Gasteiger partial charge in [0, 0.05) is 24.2 Å². The fourth-order valence-corrected chi connectivity index (χ4v) is 3.55. The van der Waals surface area contributed by atoms with Crippen LogP contribution in [0.1, 0.15) is 43.3 Å². The molecule has 2 aromatic rings. The number of H-pyrrole nitrogens is 1. The molecule has 0 fully saturated rings. The Morgan fingerprint density at radius 3 is 2.86 bits per heavy atom. The van der Waals surface area contributed by atoms with Crippen molar-refractivity contribution in [1.82, 2.24) is 20.2 Å². The third-order valence-corrected chi connectivity index (χ3v) is 5.39. The van der Waals surface area contributed by atoms with Crippen molar-refractivity contribution in [3.05, 3.63) is 53.1 Å². The number of carbonyl (C=O) groups is 2. The van der Waals surface area contributed by atoms with Crippen LogP contribution in [0.3, 0.4) is 0 Å². The average Bonchev–Trinajstić information content (AvgIpc) is 3.20. The van der Waals surface area contributed by atoms with Crippen molar-refractivity contribution in [1.29, 1.82) is 0 Å². The number of methoxy groups -OCH3 is 1. The number of urea groups is 1. The second kappa shape index (κ2) is 8.59. The lowest BCUT2D eigenvalue weighted by molar-refractivity contribution is -0.144. The Morgan fingerprint density at radius 1 is 1.41 bits per heavy atom. The van der Waals surface area contributed by atoms with Gasteiger partial charge in [0.2, 0.25) is 0 Å². The number of aromatic nitrogens is 2. The summed E-state index contributed by atoms with van der Waals surface area (Å²) in [6, 6.07) is 0.776. The Balaban J connectivity index is 1.97. The van der Waals surface area contributed by atoms with Gasteiger partial charge in [-0.05, 0) is 24.1 Å². The Kier molecular flexibility index (Phi) is 6.14. The number of fused-ring (bicyclic) bond motifs is 1. The molecule has 3 atom stereocenters. The first-order valence-corrected chi connectivity index (χ1v) is 9.49. The summed E-state index contributed by atoms with van der Waals surface area (Å²) in [7, 11) is 1.26. The van der Waals surface area contributed by atoms with E-state index in [1.54, 1.807) is 0 Å². The molecule has 3 rings (SSSR count). The number of benzene rings is 1. The molecule has 0 radical (unpaired) electrons. The molecular weight excluding hydrogens is 382 g/mol. The molecule has 2 heterocycles. The molecule has 0 saturated heterocycles. The predicted molar refractivity (Wildman–Crippen MR) is 101 cm³/mol. The SMILES string of the molecule is CC[C@@H](C)[C@H](NC(=O)N1CCc2[nH]cnc2C1c1cc(F)ccc1F)C(=O)OC. The van der Waals surface area contributed by atoms with Gasteiger partial charge in [-0.25, -0.2) is 23.4 Å². The highest BCUT2D eigenvalue weighted by molar-refractivity contribution is 5.84. The third kappa shape index (κ3) is 4.08. The molecule has 1 aliphatic heterocycles. The van der Waals surface area contributed by atoms with E-state index in [2.05, 4.69) is 15.3 Å². The van der Waals surface area contributed by atoms with Crippen LogP contribution in [-0.2, 0) is 16.0 Å². The number of imidazole rings is 1. The fraction of sp³-hybridized carbons (Fsp3) is 0.450.